The molecule has 25 heavy (non-hydrogen) atoms. The number of hydrogen-bond acceptors (Lipinski definition) is 4. The summed E-state index contributed by atoms with van der Waals surface area (Å²) >= 11 is 0. The molecule has 0 atom stereocenters. The lowest BCUT2D eigenvalue weighted by Gasteiger charge is -2.07. The highest BCUT2D eigenvalue weighted by Crippen LogP contribution is 2.34. The van der Waals surface area contributed by atoms with Gasteiger partial charge in [0.25, 0.3) is 0 Å². The minimum atomic E-state index is -0.500. The molecule has 0 unspecified atom stereocenters. The zero-order valence-corrected chi connectivity index (χ0v) is 13.7. The van der Waals surface area contributed by atoms with Gasteiger partial charge in [-0.2, -0.15) is 10.1 Å². The van der Waals surface area contributed by atoms with Crippen LogP contribution in [-0.2, 0) is 6.54 Å². The molecule has 0 aliphatic heterocycles. The summed E-state index contributed by atoms with van der Waals surface area (Å²) in [5.74, 6) is 0.334. The van der Waals surface area contributed by atoms with E-state index in [0.29, 0.717) is 28.3 Å². The highest BCUT2D eigenvalue weighted by atomic mass is 19.1. The number of fused-ring (bicyclic) bond motifs is 2. The number of hydrogen-bond donors (Lipinski definition) is 0. The molecule has 3 aromatic heterocycles. The summed E-state index contributed by atoms with van der Waals surface area (Å²) in [5.41, 5.74) is 2.87. The van der Waals surface area contributed by atoms with Gasteiger partial charge < -0.3 is 9.30 Å². The Bertz CT molecular complexity index is 1090. The Kier molecular flexibility index (Phi) is 3.60. The van der Waals surface area contributed by atoms with Crippen molar-refractivity contribution in [3.63, 3.8) is 0 Å². The number of halogens is 2. The molecule has 8 heteroatoms. The minimum Gasteiger partial charge on any atom is -0.479 e. The monoisotopic (exact) mass is 343 g/mol. The van der Waals surface area contributed by atoms with Gasteiger partial charge in [-0.1, -0.05) is 6.07 Å². The Hall–Kier alpha value is -3.03. The first-order valence-electron chi connectivity index (χ1n) is 7.73. The first-order chi connectivity index (χ1) is 12.1. The molecule has 128 valence electrons. The highest BCUT2D eigenvalue weighted by Gasteiger charge is 2.20. The molecule has 4 rings (SSSR count). The van der Waals surface area contributed by atoms with E-state index in [1.165, 1.54) is 17.8 Å². The molecule has 0 spiro atoms. The quantitative estimate of drug-likeness (QED) is 0.571. The zero-order chi connectivity index (χ0) is 17.6. The highest BCUT2D eigenvalue weighted by molar-refractivity contribution is 5.89. The van der Waals surface area contributed by atoms with Crippen LogP contribution < -0.4 is 4.74 Å². The molecule has 0 N–H and O–H groups in total. The molecule has 3 heterocycles. The Balaban J connectivity index is 1.99. The summed E-state index contributed by atoms with van der Waals surface area (Å²) in [5, 5.41) is 4.21. The number of imidazole rings is 1. The van der Waals surface area contributed by atoms with Crippen LogP contribution in [0.3, 0.4) is 0 Å². The Morgan fingerprint density at radius 2 is 2.12 bits per heavy atom. The number of alkyl halides is 1. The van der Waals surface area contributed by atoms with E-state index in [9.17, 15) is 8.78 Å². The lowest BCUT2D eigenvalue weighted by atomic mass is 10.1. The van der Waals surface area contributed by atoms with Gasteiger partial charge in [0.05, 0.1) is 42.8 Å². The van der Waals surface area contributed by atoms with Crippen molar-refractivity contribution in [2.45, 2.75) is 13.5 Å². The second-order valence-corrected chi connectivity index (χ2v) is 5.64. The molecule has 0 aliphatic rings. The molecule has 6 nitrogen and oxygen atoms in total. The smallest absolute Gasteiger partial charge is 0.242 e. The third kappa shape index (κ3) is 2.41. The van der Waals surface area contributed by atoms with Crippen LogP contribution in [0.25, 0.3) is 27.7 Å². The van der Waals surface area contributed by atoms with E-state index in [4.69, 9.17) is 4.74 Å². The number of nitrogens with zero attached hydrogens (tertiary/aromatic N) is 5. The van der Waals surface area contributed by atoms with Gasteiger partial charge >= 0.3 is 0 Å². The molecule has 0 aliphatic carbocycles. The van der Waals surface area contributed by atoms with Crippen LogP contribution in [0.1, 0.15) is 5.82 Å². The van der Waals surface area contributed by atoms with E-state index < -0.39 is 12.5 Å². The molecule has 0 radical (unpaired) electrons. The van der Waals surface area contributed by atoms with Gasteiger partial charge in [0.15, 0.2) is 5.82 Å². The van der Waals surface area contributed by atoms with E-state index in [0.717, 1.165) is 11.0 Å². The zero-order valence-electron chi connectivity index (χ0n) is 13.7. The summed E-state index contributed by atoms with van der Waals surface area (Å²) in [6, 6.07) is 5.34. The third-order valence-corrected chi connectivity index (χ3v) is 4.09. The van der Waals surface area contributed by atoms with Crippen molar-refractivity contribution >= 4 is 16.6 Å². The lowest BCUT2D eigenvalue weighted by Crippen LogP contribution is -2.01. The molecule has 4 aromatic rings. The number of ether oxygens (including phenoxy) is 1. The Labute approximate surface area is 141 Å². The molecule has 0 bridgehead atoms. The van der Waals surface area contributed by atoms with E-state index in [1.54, 1.807) is 36.0 Å². The van der Waals surface area contributed by atoms with Crippen molar-refractivity contribution in [3.05, 3.63) is 42.4 Å². The van der Waals surface area contributed by atoms with Crippen molar-refractivity contribution in [1.29, 1.82) is 0 Å². The van der Waals surface area contributed by atoms with Gasteiger partial charge in [-0.25, -0.2) is 18.3 Å². The summed E-state index contributed by atoms with van der Waals surface area (Å²) in [4.78, 5) is 8.47. The normalized spacial score (nSPS) is 11.5. The average Bonchev–Trinajstić information content (AvgIpc) is 3.14. The summed E-state index contributed by atoms with van der Waals surface area (Å²) < 4.78 is 35.8. The Morgan fingerprint density at radius 3 is 2.88 bits per heavy atom. The van der Waals surface area contributed by atoms with E-state index in [-0.39, 0.29) is 6.54 Å². The summed E-state index contributed by atoms with van der Waals surface area (Å²) in [6.45, 7) is 1.41. The van der Waals surface area contributed by atoms with Gasteiger partial charge in [0.1, 0.15) is 18.0 Å². The maximum absolute atomic E-state index is 14.7. The number of aromatic nitrogens is 5. The van der Waals surface area contributed by atoms with Crippen LogP contribution in [0.4, 0.5) is 8.78 Å². The van der Waals surface area contributed by atoms with Gasteiger partial charge in [-0.3, -0.25) is 0 Å². The van der Waals surface area contributed by atoms with Crippen molar-refractivity contribution in [2.24, 2.45) is 0 Å². The van der Waals surface area contributed by atoms with Crippen LogP contribution >= 0.6 is 0 Å². The molecule has 0 amide bonds. The minimum absolute atomic E-state index is 0.199. The van der Waals surface area contributed by atoms with Gasteiger partial charge in [-0.05, 0) is 24.6 Å². The standard InChI is InChI=1S/C17H15F2N5O/c1-10-21-17(25-2)16-15(12(19)8-24(16)22-10)11-3-4-13-14(7-11)23(6-5-18)9-20-13/h3-4,7-9H,5-6H2,1-2H3. The molecule has 0 saturated carbocycles. The fourth-order valence-corrected chi connectivity index (χ4v) is 3.02. The largest absolute Gasteiger partial charge is 0.479 e. The molecule has 0 saturated heterocycles. The predicted octanol–water partition coefficient (Wildman–Crippen LogP) is 3.17. The fourth-order valence-electron chi connectivity index (χ4n) is 3.02. The van der Waals surface area contributed by atoms with Crippen LogP contribution in [-0.4, -0.2) is 37.9 Å². The third-order valence-electron chi connectivity index (χ3n) is 4.09. The van der Waals surface area contributed by atoms with E-state index in [1.807, 2.05) is 0 Å². The maximum Gasteiger partial charge on any atom is 0.242 e. The summed E-state index contributed by atoms with van der Waals surface area (Å²) in [7, 11) is 1.48. The van der Waals surface area contributed by atoms with Gasteiger partial charge in [0.2, 0.25) is 5.88 Å². The van der Waals surface area contributed by atoms with Crippen molar-refractivity contribution in [3.8, 4) is 17.0 Å². The number of benzene rings is 1. The van der Waals surface area contributed by atoms with Crippen LogP contribution in [0.15, 0.2) is 30.7 Å². The van der Waals surface area contributed by atoms with Crippen molar-refractivity contribution < 1.29 is 13.5 Å². The average molecular weight is 343 g/mol. The first-order valence-corrected chi connectivity index (χ1v) is 7.73. The lowest BCUT2D eigenvalue weighted by molar-refractivity contribution is 0.397. The van der Waals surface area contributed by atoms with Crippen LogP contribution in [0, 0.1) is 12.7 Å². The fraction of sp³-hybridized carbons (Fsp3) is 0.235. The number of methoxy groups -OCH3 is 1. The van der Waals surface area contributed by atoms with Crippen LogP contribution in [0.2, 0.25) is 0 Å². The van der Waals surface area contributed by atoms with E-state index >= 15 is 0 Å². The van der Waals surface area contributed by atoms with Crippen LogP contribution in [0.5, 0.6) is 5.88 Å². The number of rotatable bonds is 4. The van der Waals surface area contributed by atoms with Gasteiger partial charge in [-0.15, -0.1) is 0 Å². The Morgan fingerprint density at radius 1 is 1.28 bits per heavy atom. The molecule has 0 fully saturated rings. The molecular formula is C17H15F2N5O. The number of aryl methyl sites for hydroxylation is 2. The SMILES string of the molecule is COc1nc(C)nn2cc(F)c(-c3ccc4ncn(CCF)c4c3)c12. The van der Waals surface area contributed by atoms with E-state index in [2.05, 4.69) is 15.1 Å². The topological polar surface area (TPSA) is 57.2 Å². The van der Waals surface area contributed by atoms with Crippen molar-refractivity contribution in [2.75, 3.05) is 13.8 Å². The maximum atomic E-state index is 14.7. The van der Waals surface area contributed by atoms with Crippen molar-refractivity contribution in [1.82, 2.24) is 24.1 Å². The molecular weight excluding hydrogens is 328 g/mol. The first kappa shape index (κ1) is 15.5. The second-order valence-electron chi connectivity index (χ2n) is 5.64. The summed E-state index contributed by atoms with van der Waals surface area (Å²) in [6.07, 6.45) is 2.88. The second kappa shape index (κ2) is 5.80. The predicted molar refractivity (Wildman–Crippen MR) is 88.9 cm³/mol. The van der Waals surface area contributed by atoms with Gasteiger partial charge in [0, 0.05) is 0 Å². The molecule has 1 aromatic carbocycles.